The molecule has 0 radical (unpaired) electrons. The van der Waals surface area contributed by atoms with Crippen molar-refractivity contribution in [3.63, 3.8) is 0 Å². The number of benzene rings is 2. The minimum absolute atomic E-state index is 0.281. The molecule has 3 nitrogen and oxygen atoms in total. The van der Waals surface area contributed by atoms with E-state index in [1.807, 2.05) is 30.8 Å². The fourth-order valence-electron chi connectivity index (χ4n) is 1.93. The highest BCUT2D eigenvalue weighted by Crippen LogP contribution is 2.38. The molecular weight excluding hydrogens is 336 g/mol. The molecule has 0 N–H and O–H groups in total. The molecule has 0 bridgehead atoms. The molecule has 0 unspecified atom stereocenters. The van der Waals surface area contributed by atoms with Gasteiger partial charge in [0.15, 0.2) is 0 Å². The molecule has 0 heterocycles. The third-order valence-electron chi connectivity index (χ3n) is 3.48. The molecule has 2 aromatic carbocycles. The summed E-state index contributed by atoms with van der Waals surface area (Å²) in [6.45, 7) is 2.88. The molecule has 6 heteroatoms. The van der Waals surface area contributed by atoms with Crippen molar-refractivity contribution >= 4 is 46.6 Å². The fraction of sp³-hybridized carbons (Fsp3) is 0.235. The summed E-state index contributed by atoms with van der Waals surface area (Å²) in [7, 11) is 3.77. The quantitative estimate of drug-likeness (QED) is 0.521. The maximum Gasteiger partial charge on any atom is 0.123 e. The summed E-state index contributed by atoms with van der Waals surface area (Å²) >= 11 is 12.7. The minimum Gasteiger partial charge on any atom is -0.366 e. The standard InChI is InChI=1S/C17H18Cl2FN3/c1-4-22(2)11-21-16-9-15(19)17(10-14(16)18)23(3)13-7-5-12(20)6-8-13/h5-11H,4H2,1-3H3. The van der Waals surface area contributed by atoms with Gasteiger partial charge in [0.2, 0.25) is 0 Å². The summed E-state index contributed by atoms with van der Waals surface area (Å²) in [5.41, 5.74) is 2.14. The molecule has 0 atom stereocenters. The average Bonchev–Trinajstić information content (AvgIpc) is 2.55. The molecule has 2 aromatic rings. The zero-order valence-corrected chi connectivity index (χ0v) is 14.7. The van der Waals surface area contributed by atoms with Gasteiger partial charge in [-0.25, -0.2) is 9.38 Å². The van der Waals surface area contributed by atoms with Crippen LogP contribution in [0.3, 0.4) is 0 Å². The largest absolute Gasteiger partial charge is 0.366 e. The Balaban J connectivity index is 2.32. The zero-order chi connectivity index (χ0) is 17.0. The van der Waals surface area contributed by atoms with Crippen LogP contribution >= 0.6 is 23.2 Å². The van der Waals surface area contributed by atoms with Crippen LogP contribution in [0.25, 0.3) is 0 Å². The van der Waals surface area contributed by atoms with Crippen molar-refractivity contribution in [2.45, 2.75) is 6.92 Å². The molecule has 0 spiro atoms. The first kappa shape index (κ1) is 17.6. The Bertz CT molecular complexity index is 702. The minimum atomic E-state index is -0.281. The van der Waals surface area contributed by atoms with Crippen molar-refractivity contribution < 1.29 is 4.39 Å². The SMILES string of the molecule is CCN(C)C=Nc1cc(Cl)c(N(C)c2ccc(F)cc2)cc1Cl. The van der Waals surface area contributed by atoms with Crippen LogP contribution in [0, 0.1) is 5.82 Å². The fourth-order valence-corrected chi connectivity index (χ4v) is 2.42. The summed E-state index contributed by atoms with van der Waals surface area (Å²) in [5, 5.41) is 1.02. The summed E-state index contributed by atoms with van der Waals surface area (Å²) in [6, 6.07) is 9.65. The molecule has 0 saturated heterocycles. The van der Waals surface area contributed by atoms with E-state index in [0.29, 0.717) is 15.7 Å². The highest BCUT2D eigenvalue weighted by Gasteiger charge is 2.12. The zero-order valence-electron chi connectivity index (χ0n) is 13.2. The van der Waals surface area contributed by atoms with Gasteiger partial charge in [-0.15, -0.1) is 0 Å². The van der Waals surface area contributed by atoms with Gasteiger partial charge in [0, 0.05) is 26.3 Å². The van der Waals surface area contributed by atoms with Crippen molar-refractivity contribution in [1.29, 1.82) is 0 Å². The van der Waals surface area contributed by atoms with Gasteiger partial charge in [-0.1, -0.05) is 23.2 Å². The molecule has 0 fully saturated rings. The lowest BCUT2D eigenvalue weighted by molar-refractivity contribution is 0.552. The van der Waals surface area contributed by atoms with E-state index in [4.69, 9.17) is 23.2 Å². The second-order valence-corrected chi connectivity index (χ2v) is 5.92. The maximum absolute atomic E-state index is 13.0. The first-order valence-electron chi connectivity index (χ1n) is 7.15. The highest BCUT2D eigenvalue weighted by atomic mass is 35.5. The van der Waals surface area contributed by atoms with Gasteiger partial charge in [-0.3, -0.25) is 0 Å². The van der Waals surface area contributed by atoms with Gasteiger partial charge in [-0.2, -0.15) is 0 Å². The van der Waals surface area contributed by atoms with E-state index in [2.05, 4.69) is 4.99 Å². The average molecular weight is 354 g/mol. The third-order valence-corrected chi connectivity index (χ3v) is 4.09. The van der Waals surface area contributed by atoms with Crippen LogP contribution in [0.5, 0.6) is 0 Å². The number of hydrogen-bond acceptors (Lipinski definition) is 2. The number of rotatable bonds is 5. The Morgan fingerprint density at radius 1 is 1.09 bits per heavy atom. The molecule has 2 rings (SSSR count). The molecule has 0 aliphatic rings. The van der Waals surface area contributed by atoms with E-state index in [1.54, 1.807) is 30.6 Å². The van der Waals surface area contributed by atoms with E-state index in [9.17, 15) is 4.39 Å². The molecule has 0 saturated carbocycles. The van der Waals surface area contributed by atoms with Gasteiger partial charge >= 0.3 is 0 Å². The Kier molecular flexibility index (Phi) is 5.85. The van der Waals surface area contributed by atoms with Crippen LogP contribution in [-0.2, 0) is 0 Å². The van der Waals surface area contributed by atoms with E-state index in [1.165, 1.54) is 12.1 Å². The van der Waals surface area contributed by atoms with Gasteiger partial charge in [0.05, 0.1) is 27.8 Å². The van der Waals surface area contributed by atoms with Crippen LogP contribution in [0.4, 0.5) is 21.5 Å². The number of hydrogen-bond donors (Lipinski definition) is 0. The van der Waals surface area contributed by atoms with E-state index in [0.717, 1.165) is 17.9 Å². The van der Waals surface area contributed by atoms with E-state index in [-0.39, 0.29) is 5.82 Å². The first-order valence-corrected chi connectivity index (χ1v) is 7.90. The molecular formula is C17H18Cl2FN3. The Morgan fingerprint density at radius 3 is 2.35 bits per heavy atom. The predicted molar refractivity (Wildman–Crippen MR) is 97.4 cm³/mol. The van der Waals surface area contributed by atoms with Crippen molar-refractivity contribution in [3.8, 4) is 0 Å². The highest BCUT2D eigenvalue weighted by molar-refractivity contribution is 6.37. The topological polar surface area (TPSA) is 18.8 Å². The van der Waals surface area contributed by atoms with Crippen LogP contribution < -0.4 is 4.90 Å². The van der Waals surface area contributed by atoms with Gasteiger partial charge in [-0.05, 0) is 43.3 Å². The number of aliphatic imine (C=N–C) groups is 1. The second kappa shape index (κ2) is 7.66. The lowest BCUT2D eigenvalue weighted by Crippen LogP contribution is -2.14. The Hall–Kier alpha value is -1.78. The number of anilines is 2. The first-order chi connectivity index (χ1) is 10.9. The van der Waals surface area contributed by atoms with Crippen molar-refractivity contribution in [1.82, 2.24) is 4.90 Å². The Labute approximate surface area is 146 Å². The molecule has 0 aromatic heterocycles. The summed E-state index contributed by atoms with van der Waals surface area (Å²) in [5.74, 6) is -0.281. The van der Waals surface area contributed by atoms with Crippen LogP contribution in [-0.4, -0.2) is 31.9 Å². The summed E-state index contributed by atoms with van der Waals surface area (Å²) < 4.78 is 13.0. The molecule has 0 aliphatic heterocycles. The lowest BCUT2D eigenvalue weighted by Gasteiger charge is -2.21. The third kappa shape index (κ3) is 4.36. The number of nitrogens with zero attached hydrogens (tertiary/aromatic N) is 3. The summed E-state index contributed by atoms with van der Waals surface area (Å²) in [4.78, 5) is 8.12. The van der Waals surface area contributed by atoms with Crippen molar-refractivity contribution in [2.75, 3.05) is 25.5 Å². The second-order valence-electron chi connectivity index (χ2n) is 5.11. The normalized spacial score (nSPS) is 11.0. The van der Waals surface area contributed by atoms with Crippen molar-refractivity contribution in [2.24, 2.45) is 4.99 Å². The van der Waals surface area contributed by atoms with Crippen LogP contribution in [0.2, 0.25) is 10.0 Å². The molecule has 0 amide bonds. The Morgan fingerprint density at radius 2 is 1.74 bits per heavy atom. The predicted octanol–water partition coefficient (Wildman–Crippen LogP) is 5.51. The number of halogens is 3. The molecule has 0 aliphatic carbocycles. The lowest BCUT2D eigenvalue weighted by atomic mass is 10.2. The van der Waals surface area contributed by atoms with Crippen LogP contribution in [0.15, 0.2) is 41.4 Å². The summed E-state index contributed by atoms with van der Waals surface area (Å²) in [6.07, 6.45) is 1.71. The smallest absolute Gasteiger partial charge is 0.123 e. The van der Waals surface area contributed by atoms with Gasteiger partial charge < -0.3 is 9.80 Å². The van der Waals surface area contributed by atoms with E-state index < -0.39 is 0 Å². The van der Waals surface area contributed by atoms with E-state index >= 15 is 0 Å². The molecule has 23 heavy (non-hydrogen) atoms. The maximum atomic E-state index is 13.0. The molecule has 122 valence electrons. The van der Waals surface area contributed by atoms with Crippen LogP contribution in [0.1, 0.15) is 6.92 Å². The van der Waals surface area contributed by atoms with Gasteiger partial charge in [0.1, 0.15) is 5.82 Å². The van der Waals surface area contributed by atoms with Gasteiger partial charge in [0.25, 0.3) is 0 Å². The van der Waals surface area contributed by atoms with Crippen molar-refractivity contribution in [3.05, 3.63) is 52.3 Å². The monoisotopic (exact) mass is 353 g/mol.